The van der Waals surface area contributed by atoms with Crippen LogP contribution in [0, 0.1) is 0 Å². The average Bonchev–Trinajstić information content (AvgIpc) is 2.94. The molecule has 0 saturated heterocycles. The molecule has 3 rings (SSSR count). The van der Waals surface area contributed by atoms with Gasteiger partial charge in [0.25, 0.3) is 5.91 Å². The third-order valence-electron chi connectivity index (χ3n) is 6.19. The quantitative estimate of drug-likeness (QED) is 0.197. The van der Waals surface area contributed by atoms with Crippen LogP contribution in [0.5, 0.6) is 0 Å². The Balaban J connectivity index is 1.82. The van der Waals surface area contributed by atoms with Gasteiger partial charge in [-0.1, -0.05) is 97.9 Å². The van der Waals surface area contributed by atoms with Gasteiger partial charge in [-0.3, -0.25) is 24.0 Å². The topological polar surface area (TPSA) is 147 Å². The average molecular weight is 529 g/mol. The van der Waals surface area contributed by atoms with Gasteiger partial charge >= 0.3 is 0 Å². The van der Waals surface area contributed by atoms with Crippen LogP contribution in [0.4, 0.5) is 0 Å². The van der Waals surface area contributed by atoms with E-state index in [1.165, 1.54) is 0 Å². The Hall–Kier alpha value is -4.79. The summed E-state index contributed by atoms with van der Waals surface area (Å²) in [6, 6.07) is 24.8. The van der Waals surface area contributed by atoms with Gasteiger partial charge in [0.2, 0.25) is 23.5 Å². The summed E-state index contributed by atoms with van der Waals surface area (Å²) in [5, 5.41) is 7.85. The summed E-state index contributed by atoms with van der Waals surface area (Å²) in [5.41, 5.74) is 7.46. The van der Waals surface area contributed by atoms with Crippen LogP contribution in [0.1, 0.15) is 36.0 Å². The molecule has 0 fully saturated rings. The van der Waals surface area contributed by atoms with Gasteiger partial charge < -0.3 is 21.7 Å². The molecule has 3 aromatic carbocycles. The lowest BCUT2D eigenvalue weighted by Gasteiger charge is -2.27. The van der Waals surface area contributed by atoms with E-state index < -0.39 is 53.8 Å². The molecule has 3 aromatic rings. The van der Waals surface area contributed by atoms with Gasteiger partial charge in [-0.2, -0.15) is 0 Å². The highest BCUT2D eigenvalue weighted by Gasteiger charge is 2.33. The number of amides is 4. The Morgan fingerprint density at radius 2 is 1.28 bits per heavy atom. The summed E-state index contributed by atoms with van der Waals surface area (Å²) >= 11 is 0. The molecule has 3 atom stereocenters. The van der Waals surface area contributed by atoms with E-state index in [1.54, 1.807) is 55.5 Å². The highest BCUT2D eigenvalue weighted by Crippen LogP contribution is 2.20. The number of hydrogen-bond acceptors (Lipinski definition) is 5. The first kappa shape index (κ1) is 28.8. The van der Waals surface area contributed by atoms with Crippen molar-refractivity contribution in [2.75, 3.05) is 0 Å². The van der Waals surface area contributed by atoms with E-state index in [0.717, 1.165) is 16.7 Å². The molecule has 0 aliphatic carbocycles. The molecule has 0 bridgehead atoms. The molecule has 0 unspecified atom stereocenters. The number of carbonyl (C=O) groups is 5. The van der Waals surface area contributed by atoms with Gasteiger partial charge in [-0.05, 0) is 16.7 Å². The molecule has 0 aromatic heterocycles. The molecule has 202 valence electrons. The van der Waals surface area contributed by atoms with Gasteiger partial charge in [0.15, 0.2) is 0 Å². The number of ketones is 1. The maximum Gasteiger partial charge on any atom is 0.289 e. The third kappa shape index (κ3) is 8.92. The molecule has 4 amide bonds. The molecule has 0 saturated carbocycles. The number of carbonyl (C=O) groups excluding carboxylic acids is 5. The molecular weight excluding hydrogens is 496 g/mol. The van der Waals surface area contributed by atoms with E-state index in [-0.39, 0.29) is 13.0 Å². The Bertz CT molecular complexity index is 1280. The van der Waals surface area contributed by atoms with Crippen LogP contribution in [0.2, 0.25) is 0 Å². The van der Waals surface area contributed by atoms with Crippen molar-refractivity contribution < 1.29 is 24.0 Å². The Labute approximate surface area is 227 Å². The lowest BCUT2D eigenvalue weighted by Crippen LogP contribution is -2.56. The zero-order valence-corrected chi connectivity index (χ0v) is 21.6. The second-order valence-corrected chi connectivity index (χ2v) is 9.17. The van der Waals surface area contributed by atoms with Crippen molar-refractivity contribution in [3.8, 4) is 0 Å². The van der Waals surface area contributed by atoms with Crippen molar-refractivity contribution in [3.63, 3.8) is 0 Å². The standard InChI is InChI=1S/C30H32N4O5/c1-20(23-15-9-4-10-16-23)27(34-26(36)18-25(31)35)29(38)33-24(17-21-11-5-2-6-12-21)28(37)30(39)32-19-22-13-7-3-8-14-22/h2-16,20,24,27H,17-19H2,1H3,(H2,31,35)(H,32,39)(H,33,38)(H,34,36)/t20-,24-,27-/m0/s1. The molecule has 0 heterocycles. The first-order valence-electron chi connectivity index (χ1n) is 12.6. The van der Waals surface area contributed by atoms with Crippen LogP contribution in [0.15, 0.2) is 91.0 Å². The Morgan fingerprint density at radius 3 is 1.85 bits per heavy atom. The minimum atomic E-state index is -1.20. The number of rotatable bonds is 13. The minimum Gasteiger partial charge on any atom is -0.369 e. The molecule has 0 aliphatic rings. The third-order valence-corrected chi connectivity index (χ3v) is 6.19. The van der Waals surface area contributed by atoms with E-state index >= 15 is 0 Å². The number of nitrogens with one attached hydrogen (secondary N) is 3. The number of Topliss-reactive ketones (excluding diaryl/α,β-unsaturated/α-hetero) is 1. The van der Waals surface area contributed by atoms with Gasteiger partial charge in [0.05, 0.1) is 0 Å². The van der Waals surface area contributed by atoms with Crippen LogP contribution in [0.3, 0.4) is 0 Å². The van der Waals surface area contributed by atoms with Crippen molar-refractivity contribution in [2.45, 2.75) is 44.3 Å². The first-order valence-corrected chi connectivity index (χ1v) is 12.6. The largest absolute Gasteiger partial charge is 0.369 e. The fraction of sp³-hybridized carbons (Fsp3) is 0.233. The van der Waals surface area contributed by atoms with Crippen LogP contribution >= 0.6 is 0 Å². The number of benzene rings is 3. The number of hydrogen-bond donors (Lipinski definition) is 4. The Morgan fingerprint density at radius 1 is 0.744 bits per heavy atom. The lowest BCUT2D eigenvalue weighted by molar-refractivity contribution is -0.140. The zero-order valence-electron chi connectivity index (χ0n) is 21.6. The molecule has 5 N–H and O–H groups in total. The second-order valence-electron chi connectivity index (χ2n) is 9.17. The smallest absolute Gasteiger partial charge is 0.289 e. The normalized spacial score (nSPS) is 12.8. The summed E-state index contributed by atoms with van der Waals surface area (Å²) in [6.07, 6.45) is -0.536. The van der Waals surface area contributed by atoms with Gasteiger partial charge in [0, 0.05) is 18.9 Å². The van der Waals surface area contributed by atoms with E-state index in [0.29, 0.717) is 0 Å². The summed E-state index contributed by atoms with van der Waals surface area (Å²) in [7, 11) is 0. The van der Waals surface area contributed by atoms with E-state index in [1.807, 2.05) is 42.5 Å². The number of primary amides is 1. The molecule has 9 nitrogen and oxygen atoms in total. The number of nitrogens with two attached hydrogens (primary N) is 1. The molecule has 9 heteroatoms. The molecule has 0 aliphatic heterocycles. The highest BCUT2D eigenvalue weighted by molar-refractivity contribution is 6.38. The summed E-state index contributed by atoms with van der Waals surface area (Å²) in [4.78, 5) is 63.3. The monoisotopic (exact) mass is 528 g/mol. The summed E-state index contributed by atoms with van der Waals surface area (Å²) in [5.74, 6) is -4.43. The fourth-order valence-electron chi connectivity index (χ4n) is 4.09. The molecule has 0 spiro atoms. The lowest BCUT2D eigenvalue weighted by atomic mass is 9.91. The molecule has 0 radical (unpaired) electrons. The van der Waals surface area contributed by atoms with Gasteiger partial charge in [-0.15, -0.1) is 0 Å². The van der Waals surface area contributed by atoms with Gasteiger partial charge in [-0.25, -0.2) is 0 Å². The molecule has 39 heavy (non-hydrogen) atoms. The van der Waals surface area contributed by atoms with Crippen molar-refractivity contribution in [3.05, 3.63) is 108 Å². The van der Waals surface area contributed by atoms with Crippen molar-refractivity contribution in [1.82, 2.24) is 16.0 Å². The minimum absolute atomic E-state index is 0.0613. The van der Waals surface area contributed by atoms with Crippen LogP contribution in [-0.4, -0.2) is 41.5 Å². The van der Waals surface area contributed by atoms with Gasteiger partial charge in [0.1, 0.15) is 18.5 Å². The summed E-state index contributed by atoms with van der Waals surface area (Å²) in [6.45, 7) is 1.89. The van der Waals surface area contributed by atoms with Crippen molar-refractivity contribution in [1.29, 1.82) is 0 Å². The van der Waals surface area contributed by atoms with E-state index in [9.17, 15) is 24.0 Å². The SMILES string of the molecule is C[C@@H](c1ccccc1)[C@H](NC(=O)CC(N)=O)C(=O)N[C@@H](Cc1ccccc1)C(=O)C(=O)NCc1ccccc1. The second kappa shape index (κ2) is 14.2. The maximum atomic E-state index is 13.6. The predicted molar refractivity (Wildman–Crippen MR) is 146 cm³/mol. The fourth-order valence-corrected chi connectivity index (χ4v) is 4.09. The maximum absolute atomic E-state index is 13.6. The summed E-state index contributed by atoms with van der Waals surface area (Å²) < 4.78 is 0. The predicted octanol–water partition coefficient (Wildman–Crippen LogP) is 1.76. The van der Waals surface area contributed by atoms with Crippen LogP contribution < -0.4 is 21.7 Å². The van der Waals surface area contributed by atoms with Crippen LogP contribution in [0.25, 0.3) is 0 Å². The Kier molecular flexibility index (Phi) is 10.5. The van der Waals surface area contributed by atoms with Crippen LogP contribution in [-0.2, 0) is 36.9 Å². The van der Waals surface area contributed by atoms with Crippen molar-refractivity contribution >= 4 is 29.4 Å². The molecular formula is C30H32N4O5. The first-order chi connectivity index (χ1) is 18.7. The highest BCUT2D eigenvalue weighted by atomic mass is 16.2. The van der Waals surface area contributed by atoms with E-state index in [4.69, 9.17) is 5.73 Å². The zero-order chi connectivity index (χ0) is 28.2. The van der Waals surface area contributed by atoms with E-state index in [2.05, 4.69) is 16.0 Å². The van der Waals surface area contributed by atoms with Crippen molar-refractivity contribution in [2.24, 2.45) is 5.73 Å².